The average Bonchev–Trinajstić information content (AvgIpc) is 2.66. The molecule has 4 nitrogen and oxygen atoms in total. The van der Waals surface area contributed by atoms with Gasteiger partial charge in [-0.2, -0.15) is 0 Å². The zero-order valence-corrected chi connectivity index (χ0v) is 14.5. The molecule has 0 saturated carbocycles. The number of rotatable bonds is 7. The minimum absolute atomic E-state index is 0.0495. The molecule has 0 unspecified atom stereocenters. The van der Waals surface area contributed by atoms with Crippen LogP contribution in [0.1, 0.15) is 44.3 Å². The molecular weight excluding hydrogens is 302 g/mol. The van der Waals surface area contributed by atoms with Crippen molar-refractivity contribution in [2.24, 2.45) is 0 Å². The normalized spacial score (nSPS) is 24.3. The van der Waals surface area contributed by atoms with E-state index in [0.29, 0.717) is 0 Å². The summed E-state index contributed by atoms with van der Waals surface area (Å²) < 4.78 is 17.6. The maximum Gasteiger partial charge on any atom is 0.110 e. The molecule has 1 aromatic rings. The van der Waals surface area contributed by atoms with E-state index in [-0.39, 0.29) is 24.4 Å². The fourth-order valence-electron chi connectivity index (χ4n) is 3.31. The molecular formula is C20H29NO3. The molecule has 2 aliphatic rings. The quantitative estimate of drug-likeness (QED) is 0.829. The van der Waals surface area contributed by atoms with Crippen LogP contribution in [-0.4, -0.2) is 38.0 Å². The highest BCUT2D eigenvalue weighted by Gasteiger charge is 2.26. The number of ether oxygens (including phenoxy) is 3. The first-order valence-electron chi connectivity index (χ1n) is 9.15. The summed E-state index contributed by atoms with van der Waals surface area (Å²) in [7, 11) is 0. The molecule has 0 bridgehead atoms. The predicted octanol–water partition coefficient (Wildman–Crippen LogP) is 3.59. The Morgan fingerprint density at radius 1 is 1.17 bits per heavy atom. The molecule has 0 spiro atoms. The minimum atomic E-state index is 0.0495. The van der Waals surface area contributed by atoms with Gasteiger partial charge in [-0.3, -0.25) is 0 Å². The molecule has 2 heterocycles. The van der Waals surface area contributed by atoms with Crippen LogP contribution in [0.2, 0.25) is 0 Å². The van der Waals surface area contributed by atoms with Crippen LogP contribution in [-0.2, 0) is 14.2 Å². The molecule has 1 N–H and O–H groups in total. The second kappa shape index (κ2) is 9.21. The van der Waals surface area contributed by atoms with Crippen LogP contribution >= 0.6 is 0 Å². The van der Waals surface area contributed by atoms with Crippen molar-refractivity contribution >= 4 is 0 Å². The van der Waals surface area contributed by atoms with E-state index in [9.17, 15) is 0 Å². The van der Waals surface area contributed by atoms with Gasteiger partial charge in [-0.05, 0) is 44.2 Å². The van der Waals surface area contributed by atoms with E-state index >= 15 is 0 Å². The van der Waals surface area contributed by atoms with Crippen molar-refractivity contribution in [2.75, 3.05) is 19.8 Å². The molecule has 1 fully saturated rings. The maximum atomic E-state index is 6.48. The van der Waals surface area contributed by atoms with Gasteiger partial charge in [-0.1, -0.05) is 30.3 Å². The van der Waals surface area contributed by atoms with Crippen LogP contribution in [0.5, 0.6) is 0 Å². The monoisotopic (exact) mass is 331 g/mol. The predicted molar refractivity (Wildman–Crippen MR) is 94.8 cm³/mol. The topological polar surface area (TPSA) is 39.7 Å². The summed E-state index contributed by atoms with van der Waals surface area (Å²) >= 11 is 0. The van der Waals surface area contributed by atoms with Gasteiger partial charge in [0.15, 0.2) is 0 Å². The second-order valence-electron chi connectivity index (χ2n) is 6.68. The van der Waals surface area contributed by atoms with Crippen molar-refractivity contribution in [1.29, 1.82) is 0 Å². The fourth-order valence-corrected chi connectivity index (χ4v) is 3.31. The Balaban J connectivity index is 1.60. The van der Waals surface area contributed by atoms with Crippen LogP contribution in [0.15, 0.2) is 42.7 Å². The molecule has 132 valence electrons. The third-order valence-corrected chi connectivity index (χ3v) is 4.78. The van der Waals surface area contributed by atoms with E-state index in [2.05, 4.69) is 48.6 Å². The molecule has 3 rings (SSSR count). The van der Waals surface area contributed by atoms with Gasteiger partial charge in [-0.25, -0.2) is 0 Å². The van der Waals surface area contributed by atoms with E-state index in [1.54, 1.807) is 0 Å². The molecule has 0 radical (unpaired) electrons. The molecule has 3 atom stereocenters. The summed E-state index contributed by atoms with van der Waals surface area (Å²) in [6.45, 7) is 4.66. The second-order valence-corrected chi connectivity index (χ2v) is 6.68. The van der Waals surface area contributed by atoms with Crippen molar-refractivity contribution in [1.82, 2.24) is 5.32 Å². The van der Waals surface area contributed by atoms with Crippen LogP contribution in [0.25, 0.3) is 0 Å². The van der Waals surface area contributed by atoms with Crippen LogP contribution in [0, 0.1) is 0 Å². The van der Waals surface area contributed by atoms with Gasteiger partial charge in [0.05, 0.1) is 18.5 Å². The summed E-state index contributed by atoms with van der Waals surface area (Å²) in [5.41, 5.74) is 1.23. The Labute approximate surface area is 145 Å². The largest absolute Gasteiger partial charge is 0.497 e. The summed E-state index contributed by atoms with van der Waals surface area (Å²) in [5, 5.41) is 3.63. The van der Waals surface area contributed by atoms with Crippen molar-refractivity contribution in [3.8, 4) is 0 Å². The lowest BCUT2D eigenvalue weighted by Gasteiger charge is -2.32. The smallest absolute Gasteiger partial charge is 0.110 e. The highest BCUT2D eigenvalue weighted by molar-refractivity contribution is 5.19. The van der Waals surface area contributed by atoms with Crippen LogP contribution in [0.3, 0.4) is 0 Å². The van der Waals surface area contributed by atoms with E-state index in [4.69, 9.17) is 14.2 Å². The number of hydrogen-bond acceptors (Lipinski definition) is 4. The first-order chi connectivity index (χ1) is 11.8. The third-order valence-electron chi connectivity index (χ3n) is 4.78. The molecule has 1 saturated heterocycles. The number of allylic oxidation sites excluding steroid dienone is 1. The fraction of sp³-hybridized carbons (Fsp3) is 0.600. The lowest BCUT2D eigenvalue weighted by atomic mass is 10.0. The standard InChI is InChI=1S/C20H29NO3/c1-16(21-15-19-9-5-6-12-23-19)20(17-7-3-2-4-8-17)24-18-10-13-22-14-11-18/h2-4,6-8,12,16,18-21H,5,9-11,13-15H2,1H3/t16-,19+,20-/m0/s1. The first kappa shape index (κ1) is 17.5. The summed E-state index contributed by atoms with van der Waals surface area (Å²) in [6.07, 6.45) is 8.63. The summed E-state index contributed by atoms with van der Waals surface area (Å²) in [5.74, 6) is 0. The Hall–Kier alpha value is -1.36. The van der Waals surface area contributed by atoms with Crippen LogP contribution < -0.4 is 5.32 Å². The van der Waals surface area contributed by atoms with E-state index in [0.717, 1.165) is 45.4 Å². The van der Waals surface area contributed by atoms with Gasteiger partial charge in [0.2, 0.25) is 0 Å². The van der Waals surface area contributed by atoms with Gasteiger partial charge < -0.3 is 19.5 Å². The molecule has 24 heavy (non-hydrogen) atoms. The average molecular weight is 331 g/mol. The Morgan fingerprint density at radius 3 is 2.67 bits per heavy atom. The summed E-state index contributed by atoms with van der Waals surface area (Å²) in [4.78, 5) is 0. The number of hydrogen-bond donors (Lipinski definition) is 1. The highest BCUT2D eigenvalue weighted by atomic mass is 16.5. The van der Waals surface area contributed by atoms with Crippen molar-refractivity contribution < 1.29 is 14.2 Å². The third kappa shape index (κ3) is 5.07. The minimum Gasteiger partial charge on any atom is -0.497 e. The number of benzene rings is 1. The SMILES string of the molecule is C[C@H](NC[C@H]1CCC=CO1)[C@H](OC1CCOCC1)c1ccccc1. The van der Waals surface area contributed by atoms with Gasteiger partial charge in [0, 0.05) is 25.8 Å². The molecule has 4 heteroatoms. The highest BCUT2D eigenvalue weighted by Crippen LogP contribution is 2.26. The Kier molecular flexibility index (Phi) is 6.70. The van der Waals surface area contributed by atoms with E-state index < -0.39 is 0 Å². The Morgan fingerprint density at radius 2 is 1.96 bits per heavy atom. The lowest BCUT2D eigenvalue weighted by molar-refractivity contribution is -0.0802. The van der Waals surface area contributed by atoms with Gasteiger partial charge in [-0.15, -0.1) is 0 Å². The zero-order valence-electron chi connectivity index (χ0n) is 14.5. The van der Waals surface area contributed by atoms with Crippen molar-refractivity contribution in [3.63, 3.8) is 0 Å². The summed E-state index contributed by atoms with van der Waals surface area (Å²) in [6, 6.07) is 10.7. The zero-order chi connectivity index (χ0) is 16.6. The first-order valence-corrected chi connectivity index (χ1v) is 9.15. The molecule has 0 aromatic heterocycles. The molecule has 0 aliphatic carbocycles. The maximum absolute atomic E-state index is 6.48. The van der Waals surface area contributed by atoms with Crippen molar-refractivity contribution in [3.05, 3.63) is 48.2 Å². The Bertz CT molecular complexity index is 499. The van der Waals surface area contributed by atoms with E-state index in [1.165, 1.54) is 5.56 Å². The molecule has 1 aromatic carbocycles. The molecule has 0 amide bonds. The van der Waals surface area contributed by atoms with E-state index in [1.807, 2.05) is 6.26 Å². The lowest BCUT2D eigenvalue weighted by Crippen LogP contribution is -2.41. The molecule has 2 aliphatic heterocycles. The van der Waals surface area contributed by atoms with Gasteiger partial charge in [0.25, 0.3) is 0 Å². The van der Waals surface area contributed by atoms with Crippen molar-refractivity contribution in [2.45, 2.75) is 57.0 Å². The number of nitrogens with one attached hydrogen (secondary N) is 1. The van der Waals surface area contributed by atoms with Gasteiger partial charge >= 0.3 is 0 Å². The van der Waals surface area contributed by atoms with Crippen LogP contribution in [0.4, 0.5) is 0 Å². The van der Waals surface area contributed by atoms with Gasteiger partial charge in [0.1, 0.15) is 6.10 Å².